The van der Waals surface area contributed by atoms with E-state index in [9.17, 15) is 9.90 Å². The lowest BCUT2D eigenvalue weighted by Gasteiger charge is -2.52. The molecule has 0 saturated carbocycles. The molecule has 4 heteroatoms. The number of carbonyl (C=O) groups excluding carboxylic acids is 1. The molecule has 0 bridgehead atoms. The third-order valence-corrected chi connectivity index (χ3v) is 3.28. The minimum Gasteiger partial charge on any atom is -0.444 e. The predicted octanol–water partition coefficient (Wildman–Crippen LogP) is 2.55. The number of ether oxygens (including phenoxy) is 1. The number of aliphatic hydroxyl groups is 1. The van der Waals surface area contributed by atoms with Crippen LogP contribution in [0.4, 0.5) is 4.79 Å². The molecule has 1 amide bonds. The lowest BCUT2D eigenvalue weighted by Crippen LogP contribution is -2.70. The van der Waals surface area contributed by atoms with Crippen molar-refractivity contribution in [3.8, 4) is 0 Å². The highest BCUT2D eigenvalue weighted by Gasteiger charge is 2.51. The number of likely N-dealkylation sites (tertiary alicyclic amines) is 1. The second kappa shape index (κ2) is 4.84. The fourth-order valence-corrected chi connectivity index (χ4v) is 2.06. The SMILES string of the molecule is CCCCC1(O)CN(C(=O)OC(C)(C)C)C1C. The average Bonchev–Trinajstić information content (AvgIpc) is 2.19. The van der Waals surface area contributed by atoms with E-state index in [1.54, 1.807) is 4.90 Å². The Labute approximate surface area is 104 Å². The Hall–Kier alpha value is -0.770. The summed E-state index contributed by atoms with van der Waals surface area (Å²) in [4.78, 5) is 13.4. The molecule has 1 fully saturated rings. The number of carbonyl (C=O) groups is 1. The number of β-amino-alcohol motifs (C(OH)–C–C–N with tert-alkyl or cyclic N) is 1. The van der Waals surface area contributed by atoms with Gasteiger partial charge in [0.1, 0.15) is 11.2 Å². The lowest BCUT2D eigenvalue weighted by atomic mass is 9.81. The topological polar surface area (TPSA) is 49.8 Å². The van der Waals surface area contributed by atoms with Crippen LogP contribution in [0, 0.1) is 0 Å². The molecule has 2 unspecified atom stereocenters. The van der Waals surface area contributed by atoms with Crippen molar-refractivity contribution in [2.75, 3.05) is 6.54 Å². The summed E-state index contributed by atoms with van der Waals surface area (Å²) < 4.78 is 5.29. The van der Waals surface area contributed by atoms with Gasteiger partial charge in [-0.2, -0.15) is 0 Å². The van der Waals surface area contributed by atoms with Gasteiger partial charge in [0, 0.05) is 0 Å². The first kappa shape index (κ1) is 14.3. The predicted molar refractivity (Wildman–Crippen MR) is 66.9 cm³/mol. The minimum absolute atomic E-state index is 0.149. The van der Waals surface area contributed by atoms with E-state index >= 15 is 0 Å². The number of hydrogen-bond donors (Lipinski definition) is 1. The second-order valence-electron chi connectivity index (χ2n) is 5.99. The molecule has 0 aromatic carbocycles. The van der Waals surface area contributed by atoms with Crippen molar-refractivity contribution in [3.05, 3.63) is 0 Å². The molecule has 17 heavy (non-hydrogen) atoms. The third-order valence-electron chi connectivity index (χ3n) is 3.28. The number of nitrogens with zero attached hydrogens (tertiary/aromatic N) is 1. The summed E-state index contributed by atoms with van der Waals surface area (Å²) in [5, 5.41) is 10.3. The maximum atomic E-state index is 11.8. The summed E-state index contributed by atoms with van der Waals surface area (Å²) in [5.41, 5.74) is -1.19. The van der Waals surface area contributed by atoms with Gasteiger partial charge in [-0.15, -0.1) is 0 Å². The molecular formula is C13H25NO3. The van der Waals surface area contributed by atoms with Gasteiger partial charge in [0.15, 0.2) is 0 Å². The van der Waals surface area contributed by atoms with E-state index in [-0.39, 0.29) is 12.1 Å². The fourth-order valence-electron chi connectivity index (χ4n) is 2.06. The van der Waals surface area contributed by atoms with Crippen LogP contribution in [-0.4, -0.2) is 39.9 Å². The maximum absolute atomic E-state index is 11.8. The van der Waals surface area contributed by atoms with Crippen molar-refractivity contribution in [2.45, 2.75) is 71.1 Å². The first-order valence-electron chi connectivity index (χ1n) is 6.41. The molecule has 0 radical (unpaired) electrons. The Morgan fingerprint density at radius 1 is 1.53 bits per heavy atom. The van der Waals surface area contributed by atoms with Gasteiger partial charge in [-0.1, -0.05) is 19.8 Å². The first-order valence-corrected chi connectivity index (χ1v) is 6.41. The summed E-state index contributed by atoms with van der Waals surface area (Å²) in [7, 11) is 0. The van der Waals surface area contributed by atoms with E-state index in [1.807, 2.05) is 27.7 Å². The van der Waals surface area contributed by atoms with Gasteiger partial charge in [0.2, 0.25) is 0 Å². The molecule has 100 valence electrons. The van der Waals surface area contributed by atoms with Gasteiger partial charge in [0.25, 0.3) is 0 Å². The van der Waals surface area contributed by atoms with Gasteiger partial charge < -0.3 is 9.84 Å². The highest BCUT2D eigenvalue weighted by atomic mass is 16.6. The molecule has 0 aromatic rings. The molecule has 1 rings (SSSR count). The van der Waals surface area contributed by atoms with E-state index in [0.29, 0.717) is 6.54 Å². The summed E-state index contributed by atoms with van der Waals surface area (Å²) in [6, 6.07) is -0.149. The van der Waals surface area contributed by atoms with E-state index in [4.69, 9.17) is 4.74 Å². The molecule has 1 aliphatic heterocycles. The highest BCUT2D eigenvalue weighted by Crippen LogP contribution is 2.34. The van der Waals surface area contributed by atoms with Crippen molar-refractivity contribution in [3.63, 3.8) is 0 Å². The Bertz CT molecular complexity index is 285. The van der Waals surface area contributed by atoms with Crippen LogP contribution in [0.1, 0.15) is 53.9 Å². The molecular weight excluding hydrogens is 218 g/mol. The zero-order chi connectivity index (χ0) is 13.3. The molecule has 1 heterocycles. The first-order chi connectivity index (χ1) is 7.69. The monoisotopic (exact) mass is 243 g/mol. The van der Waals surface area contributed by atoms with Crippen LogP contribution in [0.25, 0.3) is 0 Å². The largest absolute Gasteiger partial charge is 0.444 e. The van der Waals surface area contributed by atoms with Gasteiger partial charge >= 0.3 is 6.09 Å². The lowest BCUT2D eigenvalue weighted by molar-refractivity contribution is -0.143. The van der Waals surface area contributed by atoms with Gasteiger partial charge in [-0.25, -0.2) is 4.79 Å². The second-order valence-corrected chi connectivity index (χ2v) is 5.99. The Morgan fingerprint density at radius 2 is 2.12 bits per heavy atom. The van der Waals surface area contributed by atoms with Crippen LogP contribution in [0.3, 0.4) is 0 Å². The summed E-state index contributed by atoms with van der Waals surface area (Å²) in [6.07, 6.45) is 2.47. The van der Waals surface area contributed by atoms with Gasteiger partial charge in [-0.05, 0) is 34.1 Å². The van der Waals surface area contributed by atoms with E-state index in [1.165, 1.54) is 0 Å². The molecule has 0 aliphatic carbocycles. The minimum atomic E-state index is -0.715. The number of amides is 1. The summed E-state index contributed by atoms with van der Waals surface area (Å²) >= 11 is 0. The Kier molecular flexibility index (Phi) is 4.07. The third kappa shape index (κ3) is 3.35. The van der Waals surface area contributed by atoms with Crippen molar-refractivity contribution in [2.24, 2.45) is 0 Å². The number of hydrogen-bond acceptors (Lipinski definition) is 3. The van der Waals surface area contributed by atoms with Crippen LogP contribution in [0.15, 0.2) is 0 Å². The Morgan fingerprint density at radius 3 is 2.53 bits per heavy atom. The molecule has 0 aromatic heterocycles. The summed E-state index contributed by atoms with van der Waals surface area (Å²) in [6.45, 7) is 9.90. The standard InChI is InChI=1S/C13H25NO3/c1-6-7-8-13(16)9-14(10(13)2)11(15)17-12(3,4)5/h10,16H,6-9H2,1-5H3. The van der Waals surface area contributed by atoms with E-state index in [0.717, 1.165) is 19.3 Å². The average molecular weight is 243 g/mol. The highest BCUT2D eigenvalue weighted by molar-refractivity contribution is 5.70. The van der Waals surface area contributed by atoms with Crippen LogP contribution in [0.2, 0.25) is 0 Å². The molecule has 0 spiro atoms. The van der Waals surface area contributed by atoms with Crippen molar-refractivity contribution < 1.29 is 14.6 Å². The van der Waals surface area contributed by atoms with E-state index < -0.39 is 11.2 Å². The normalized spacial score (nSPS) is 28.8. The van der Waals surface area contributed by atoms with Crippen LogP contribution >= 0.6 is 0 Å². The van der Waals surface area contributed by atoms with Crippen molar-refractivity contribution in [1.29, 1.82) is 0 Å². The number of unbranched alkanes of at least 4 members (excludes halogenated alkanes) is 1. The van der Waals surface area contributed by atoms with Gasteiger partial charge in [0.05, 0.1) is 12.6 Å². The molecule has 1 saturated heterocycles. The van der Waals surface area contributed by atoms with E-state index in [2.05, 4.69) is 6.92 Å². The van der Waals surface area contributed by atoms with Crippen LogP contribution in [0.5, 0.6) is 0 Å². The molecule has 1 aliphatic rings. The Balaban J connectivity index is 2.49. The summed E-state index contributed by atoms with van der Waals surface area (Å²) in [5.74, 6) is 0. The quantitative estimate of drug-likeness (QED) is 0.828. The van der Waals surface area contributed by atoms with Crippen LogP contribution in [-0.2, 0) is 4.74 Å². The molecule has 2 atom stereocenters. The zero-order valence-electron chi connectivity index (χ0n) is 11.6. The van der Waals surface area contributed by atoms with Gasteiger partial charge in [-0.3, -0.25) is 4.90 Å². The maximum Gasteiger partial charge on any atom is 0.410 e. The zero-order valence-corrected chi connectivity index (χ0v) is 11.6. The smallest absolute Gasteiger partial charge is 0.410 e. The fraction of sp³-hybridized carbons (Fsp3) is 0.923. The number of rotatable bonds is 3. The van der Waals surface area contributed by atoms with Crippen LogP contribution < -0.4 is 0 Å². The van der Waals surface area contributed by atoms with Crippen molar-refractivity contribution in [1.82, 2.24) is 4.90 Å². The molecule has 1 N–H and O–H groups in total. The van der Waals surface area contributed by atoms with Crippen molar-refractivity contribution >= 4 is 6.09 Å². The molecule has 4 nitrogen and oxygen atoms in total.